The first-order valence-corrected chi connectivity index (χ1v) is 5.32. The standard InChI is InChI=1S/C12H12F2O4/c1-2-17-11(15)12(16)18-6-5-8-3-4-9(13)10(14)7-8/h3-4,7H,2,5-6H2,1H3. The Balaban J connectivity index is 2.39. The van der Waals surface area contributed by atoms with Gasteiger partial charge in [-0.2, -0.15) is 0 Å². The average molecular weight is 258 g/mol. The fourth-order valence-electron chi connectivity index (χ4n) is 1.21. The average Bonchev–Trinajstić information content (AvgIpc) is 2.34. The Morgan fingerprint density at radius 2 is 1.78 bits per heavy atom. The van der Waals surface area contributed by atoms with Crippen molar-refractivity contribution < 1.29 is 27.8 Å². The van der Waals surface area contributed by atoms with Crippen LogP contribution in [0.5, 0.6) is 0 Å². The van der Waals surface area contributed by atoms with Gasteiger partial charge in [0.05, 0.1) is 13.2 Å². The van der Waals surface area contributed by atoms with Crippen LogP contribution in [0.3, 0.4) is 0 Å². The Morgan fingerprint density at radius 1 is 1.11 bits per heavy atom. The lowest BCUT2D eigenvalue weighted by molar-refractivity contribution is -0.167. The topological polar surface area (TPSA) is 52.6 Å². The lowest BCUT2D eigenvalue weighted by Gasteiger charge is -2.04. The minimum Gasteiger partial charge on any atom is -0.458 e. The van der Waals surface area contributed by atoms with E-state index in [4.69, 9.17) is 0 Å². The molecule has 0 bridgehead atoms. The van der Waals surface area contributed by atoms with Crippen LogP contribution < -0.4 is 0 Å². The molecule has 0 fully saturated rings. The number of hydrogen-bond acceptors (Lipinski definition) is 4. The second kappa shape index (κ2) is 6.68. The van der Waals surface area contributed by atoms with E-state index in [0.29, 0.717) is 5.56 Å². The predicted octanol–water partition coefficient (Wildman–Crippen LogP) is 1.61. The Hall–Kier alpha value is -1.98. The molecular formula is C12H12F2O4. The van der Waals surface area contributed by atoms with Gasteiger partial charge in [0.2, 0.25) is 0 Å². The molecule has 0 unspecified atom stereocenters. The highest BCUT2D eigenvalue weighted by atomic mass is 19.2. The molecule has 0 N–H and O–H groups in total. The number of ether oxygens (including phenoxy) is 2. The van der Waals surface area contributed by atoms with Gasteiger partial charge < -0.3 is 9.47 Å². The van der Waals surface area contributed by atoms with Crippen LogP contribution in [0, 0.1) is 11.6 Å². The Morgan fingerprint density at radius 3 is 2.39 bits per heavy atom. The smallest absolute Gasteiger partial charge is 0.417 e. The van der Waals surface area contributed by atoms with Crippen molar-refractivity contribution in [3.63, 3.8) is 0 Å². The summed E-state index contributed by atoms with van der Waals surface area (Å²) in [7, 11) is 0. The first-order valence-electron chi connectivity index (χ1n) is 5.32. The van der Waals surface area contributed by atoms with E-state index < -0.39 is 23.6 Å². The van der Waals surface area contributed by atoms with Crippen LogP contribution in [0.2, 0.25) is 0 Å². The molecule has 4 nitrogen and oxygen atoms in total. The van der Waals surface area contributed by atoms with Crippen LogP contribution >= 0.6 is 0 Å². The molecule has 0 spiro atoms. The zero-order valence-corrected chi connectivity index (χ0v) is 9.74. The minimum atomic E-state index is -1.10. The summed E-state index contributed by atoms with van der Waals surface area (Å²) in [6.07, 6.45) is 0.183. The maximum Gasteiger partial charge on any atom is 0.417 e. The summed E-state index contributed by atoms with van der Waals surface area (Å²) >= 11 is 0. The molecule has 0 aliphatic heterocycles. The third kappa shape index (κ3) is 4.12. The van der Waals surface area contributed by atoms with E-state index in [1.54, 1.807) is 6.92 Å². The highest BCUT2D eigenvalue weighted by molar-refractivity contribution is 6.29. The Bertz CT molecular complexity index is 446. The quantitative estimate of drug-likeness (QED) is 0.608. The summed E-state index contributed by atoms with van der Waals surface area (Å²) in [5, 5.41) is 0. The van der Waals surface area contributed by atoms with Crippen LogP contribution in [0.15, 0.2) is 18.2 Å². The molecule has 1 rings (SSSR count). The summed E-state index contributed by atoms with van der Waals surface area (Å²) in [5.41, 5.74) is 0.463. The molecule has 0 amide bonds. The summed E-state index contributed by atoms with van der Waals surface area (Å²) in [5.74, 6) is -4.08. The van der Waals surface area contributed by atoms with E-state index in [9.17, 15) is 18.4 Å². The van der Waals surface area contributed by atoms with Crippen LogP contribution in [-0.2, 0) is 25.5 Å². The predicted molar refractivity (Wildman–Crippen MR) is 57.7 cm³/mol. The number of benzene rings is 1. The van der Waals surface area contributed by atoms with Crippen molar-refractivity contribution >= 4 is 11.9 Å². The van der Waals surface area contributed by atoms with Gasteiger partial charge >= 0.3 is 11.9 Å². The normalized spacial score (nSPS) is 9.94. The number of esters is 2. The Kier molecular flexibility index (Phi) is 5.23. The molecule has 0 aliphatic rings. The molecule has 98 valence electrons. The van der Waals surface area contributed by atoms with E-state index in [1.165, 1.54) is 6.07 Å². The van der Waals surface area contributed by atoms with Crippen molar-refractivity contribution in [2.24, 2.45) is 0 Å². The van der Waals surface area contributed by atoms with Crippen LogP contribution in [0.1, 0.15) is 12.5 Å². The van der Waals surface area contributed by atoms with Gasteiger partial charge in [0.25, 0.3) is 0 Å². The van der Waals surface area contributed by atoms with Crippen molar-refractivity contribution in [3.05, 3.63) is 35.4 Å². The number of rotatable bonds is 4. The van der Waals surface area contributed by atoms with Gasteiger partial charge in [-0.25, -0.2) is 18.4 Å². The monoisotopic (exact) mass is 258 g/mol. The molecule has 0 heterocycles. The second-order valence-electron chi connectivity index (χ2n) is 3.35. The van der Waals surface area contributed by atoms with Crippen LogP contribution in [0.4, 0.5) is 8.78 Å². The third-order valence-electron chi connectivity index (χ3n) is 2.05. The van der Waals surface area contributed by atoms with E-state index in [1.807, 2.05) is 0 Å². The van der Waals surface area contributed by atoms with E-state index >= 15 is 0 Å². The van der Waals surface area contributed by atoms with Gasteiger partial charge in [0.15, 0.2) is 11.6 Å². The second-order valence-corrected chi connectivity index (χ2v) is 3.35. The number of carbonyl (C=O) groups excluding carboxylic acids is 2. The SMILES string of the molecule is CCOC(=O)C(=O)OCCc1ccc(F)c(F)c1. The molecule has 6 heteroatoms. The first kappa shape index (κ1) is 14.1. The lowest BCUT2D eigenvalue weighted by atomic mass is 10.1. The van der Waals surface area contributed by atoms with Gasteiger partial charge in [0.1, 0.15) is 0 Å². The van der Waals surface area contributed by atoms with Gasteiger partial charge in [-0.05, 0) is 24.6 Å². The van der Waals surface area contributed by atoms with E-state index in [2.05, 4.69) is 9.47 Å². The molecule has 1 aromatic rings. The molecule has 0 saturated heterocycles. The summed E-state index contributed by atoms with van der Waals surface area (Å²) < 4.78 is 34.5. The molecule has 1 aromatic carbocycles. The number of carbonyl (C=O) groups is 2. The maximum atomic E-state index is 12.8. The summed E-state index contributed by atoms with van der Waals surface area (Å²) in [6.45, 7) is 1.53. The van der Waals surface area contributed by atoms with E-state index in [-0.39, 0.29) is 19.6 Å². The molecule has 0 aromatic heterocycles. The first-order chi connectivity index (χ1) is 8.54. The maximum absolute atomic E-state index is 12.8. The fraction of sp³-hybridized carbons (Fsp3) is 0.333. The van der Waals surface area contributed by atoms with E-state index in [0.717, 1.165) is 12.1 Å². The van der Waals surface area contributed by atoms with Crippen molar-refractivity contribution in [1.82, 2.24) is 0 Å². The molecule has 18 heavy (non-hydrogen) atoms. The third-order valence-corrected chi connectivity index (χ3v) is 2.05. The molecule has 0 radical (unpaired) electrons. The molecule has 0 saturated carbocycles. The minimum absolute atomic E-state index is 0.0805. The zero-order chi connectivity index (χ0) is 13.5. The molecule has 0 atom stereocenters. The molecule has 0 aliphatic carbocycles. The van der Waals surface area contributed by atoms with Crippen molar-refractivity contribution in [1.29, 1.82) is 0 Å². The summed E-state index contributed by atoms with van der Waals surface area (Å²) in [4.78, 5) is 21.9. The highest BCUT2D eigenvalue weighted by Gasteiger charge is 2.16. The van der Waals surface area contributed by atoms with Crippen molar-refractivity contribution in [2.75, 3.05) is 13.2 Å². The lowest BCUT2D eigenvalue weighted by Crippen LogP contribution is -2.21. The summed E-state index contributed by atoms with van der Waals surface area (Å²) in [6, 6.07) is 3.36. The van der Waals surface area contributed by atoms with Crippen molar-refractivity contribution in [2.45, 2.75) is 13.3 Å². The Labute approximate surface area is 103 Å². The van der Waals surface area contributed by atoms with Crippen LogP contribution in [-0.4, -0.2) is 25.2 Å². The molecular weight excluding hydrogens is 246 g/mol. The number of halogens is 2. The van der Waals surface area contributed by atoms with Gasteiger partial charge in [-0.15, -0.1) is 0 Å². The highest BCUT2D eigenvalue weighted by Crippen LogP contribution is 2.09. The largest absolute Gasteiger partial charge is 0.458 e. The number of hydrogen-bond donors (Lipinski definition) is 0. The zero-order valence-electron chi connectivity index (χ0n) is 9.74. The van der Waals surface area contributed by atoms with Crippen molar-refractivity contribution in [3.8, 4) is 0 Å². The van der Waals surface area contributed by atoms with Gasteiger partial charge in [-0.1, -0.05) is 6.07 Å². The fourth-order valence-corrected chi connectivity index (χ4v) is 1.21. The van der Waals surface area contributed by atoms with Gasteiger partial charge in [0, 0.05) is 6.42 Å². The van der Waals surface area contributed by atoms with Gasteiger partial charge in [-0.3, -0.25) is 0 Å². The van der Waals surface area contributed by atoms with Crippen LogP contribution in [0.25, 0.3) is 0 Å².